The monoisotopic (exact) mass is 231 g/mol. The maximum absolute atomic E-state index is 3.46. The molecule has 0 amide bonds. The Morgan fingerprint density at radius 1 is 1.06 bits per heavy atom. The van der Waals surface area contributed by atoms with Gasteiger partial charge >= 0.3 is 0 Å². The molecular weight excluding hydrogens is 206 g/mol. The Kier molecular flexibility index (Phi) is 4.61. The van der Waals surface area contributed by atoms with Crippen molar-refractivity contribution < 1.29 is 0 Å². The SMILES string of the molecule is CCCCCCC1(Cc2ccccc2)CNC1. The van der Waals surface area contributed by atoms with Gasteiger partial charge in [-0.15, -0.1) is 0 Å². The highest BCUT2D eigenvalue weighted by molar-refractivity contribution is 5.18. The van der Waals surface area contributed by atoms with Crippen molar-refractivity contribution in [2.24, 2.45) is 5.41 Å². The molecule has 1 nitrogen and oxygen atoms in total. The third-order valence-corrected chi connectivity index (χ3v) is 3.98. The summed E-state index contributed by atoms with van der Waals surface area (Å²) in [5, 5.41) is 3.46. The van der Waals surface area contributed by atoms with E-state index in [2.05, 4.69) is 42.6 Å². The van der Waals surface area contributed by atoms with Crippen LogP contribution in [0.5, 0.6) is 0 Å². The number of benzene rings is 1. The first-order valence-corrected chi connectivity index (χ1v) is 7.09. The lowest BCUT2D eigenvalue weighted by Crippen LogP contribution is -2.54. The van der Waals surface area contributed by atoms with Gasteiger partial charge in [0.1, 0.15) is 0 Å². The lowest BCUT2D eigenvalue weighted by molar-refractivity contribution is 0.147. The van der Waals surface area contributed by atoms with Crippen LogP contribution in [-0.2, 0) is 6.42 Å². The van der Waals surface area contributed by atoms with Gasteiger partial charge in [0, 0.05) is 13.1 Å². The van der Waals surface area contributed by atoms with E-state index < -0.39 is 0 Å². The molecule has 0 radical (unpaired) electrons. The molecule has 1 aliphatic rings. The molecule has 1 heteroatoms. The minimum absolute atomic E-state index is 0.565. The zero-order chi connectivity index (χ0) is 12.0. The van der Waals surface area contributed by atoms with E-state index in [1.165, 1.54) is 57.2 Å². The quantitative estimate of drug-likeness (QED) is 0.704. The lowest BCUT2D eigenvalue weighted by atomic mass is 9.72. The zero-order valence-corrected chi connectivity index (χ0v) is 11.0. The van der Waals surface area contributed by atoms with E-state index in [4.69, 9.17) is 0 Å². The summed E-state index contributed by atoms with van der Waals surface area (Å²) in [6, 6.07) is 11.0. The zero-order valence-electron chi connectivity index (χ0n) is 11.0. The minimum Gasteiger partial charge on any atom is -0.316 e. The summed E-state index contributed by atoms with van der Waals surface area (Å²) in [5.74, 6) is 0. The average Bonchev–Trinajstić information content (AvgIpc) is 2.32. The molecule has 1 fully saturated rings. The van der Waals surface area contributed by atoms with Gasteiger partial charge in [0.2, 0.25) is 0 Å². The molecule has 17 heavy (non-hydrogen) atoms. The van der Waals surface area contributed by atoms with Gasteiger partial charge in [0.25, 0.3) is 0 Å². The fraction of sp³-hybridized carbons (Fsp3) is 0.625. The van der Waals surface area contributed by atoms with Crippen molar-refractivity contribution in [1.82, 2.24) is 5.32 Å². The summed E-state index contributed by atoms with van der Waals surface area (Å²) >= 11 is 0. The predicted molar refractivity (Wildman–Crippen MR) is 74.2 cm³/mol. The van der Waals surface area contributed by atoms with Gasteiger partial charge in [-0.05, 0) is 23.8 Å². The summed E-state index contributed by atoms with van der Waals surface area (Å²) in [5.41, 5.74) is 2.07. The maximum atomic E-state index is 3.46. The van der Waals surface area contributed by atoms with Gasteiger partial charge in [-0.25, -0.2) is 0 Å². The van der Waals surface area contributed by atoms with E-state index in [-0.39, 0.29) is 0 Å². The fourth-order valence-electron chi connectivity index (χ4n) is 2.82. The lowest BCUT2D eigenvalue weighted by Gasteiger charge is -2.43. The van der Waals surface area contributed by atoms with E-state index in [0.29, 0.717) is 5.41 Å². The largest absolute Gasteiger partial charge is 0.316 e. The van der Waals surface area contributed by atoms with Crippen LogP contribution in [0.4, 0.5) is 0 Å². The van der Waals surface area contributed by atoms with Crippen molar-refractivity contribution in [2.75, 3.05) is 13.1 Å². The average molecular weight is 231 g/mol. The van der Waals surface area contributed by atoms with Gasteiger partial charge in [-0.3, -0.25) is 0 Å². The fourth-order valence-corrected chi connectivity index (χ4v) is 2.82. The van der Waals surface area contributed by atoms with Gasteiger partial charge < -0.3 is 5.32 Å². The van der Waals surface area contributed by atoms with Gasteiger partial charge in [-0.1, -0.05) is 62.9 Å². The highest BCUT2D eigenvalue weighted by Gasteiger charge is 2.35. The van der Waals surface area contributed by atoms with Gasteiger partial charge in [0.15, 0.2) is 0 Å². The Morgan fingerprint density at radius 3 is 2.41 bits per heavy atom. The van der Waals surface area contributed by atoms with Crippen molar-refractivity contribution in [3.63, 3.8) is 0 Å². The molecule has 1 heterocycles. The molecule has 0 bridgehead atoms. The first-order chi connectivity index (χ1) is 8.35. The second kappa shape index (κ2) is 6.20. The highest BCUT2D eigenvalue weighted by Crippen LogP contribution is 2.33. The Balaban J connectivity index is 1.82. The van der Waals surface area contributed by atoms with E-state index in [0.717, 1.165) is 0 Å². The maximum Gasteiger partial charge on any atom is 0.00234 e. The molecule has 0 unspecified atom stereocenters. The number of unbranched alkanes of at least 4 members (excludes halogenated alkanes) is 3. The number of hydrogen-bond donors (Lipinski definition) is 1. The Morgan fingerprint density at radius 2 is 1.82 bits per heavy atom. The van der Waals surface area contributed by atoms with Crippen LogP contribution in [0.25, 0.3) is 0 Å². The minimum atomic E-state index is 0.565. The topological polar surface area (TPSA) is 12.0 Å². The Bertz CT molecular complexity index is 314. The van der Waals surface area contributed by atoms with Crippen molar-refractivity contribution in [3.05, 3.63) is 35.9 Å². The molecule has 0 atom stereocenters. The molecule has 1 aromatic carbocycles. The van der Waals surface area contributed by atoms with Crippen LogP contribution < -0.4 is 5.32 Å². The second-order valence-electron chi connectivity index (χ2n) is 5.58. The van der Waals surface area contributed by atoms with E-state index >= 15 is 0 Å². The normalized spacial score (nSPS) is 17.7. The first-order valence-electron chi connectivity index (χ1n) is 7.09. The van der Waals surface area contributed by atoms with Crippen molar-refractivity contribution >= 4 is 0 Å². The number of hydrogen-bond acceptors (Lipinski definition) is 1. The van der Waals surface area contributed by atoms with Crippen LogP contribution in [0.15, 0.2) is 30.3 Å². The standard InChI is InChI=1S/C16H25N/c1-2-3-4-8-11-16(13-17-14-16)12-15-9-6-5-7-10-15/h5-7,9-10,17H,2-4,8,11-14H2,1H3. The van der Waals surface area contributed by atoms with Crippen LogP contribution >= 0.6 is 0 Å². The predicted octanol–water partition coefficient (Wildman–Crippen LogP) is 3.79. The van der Waals surface area contributed by atoms with Crippen LogP contribution in [0.1, 0.15) is 44.6 Å². The first kappa shape index (κ1) is 12.6. The molecular formula is C16H25N. The van der Waals surface area contributed by atoms with Crippen LogP contribution in [0.3, 0.4) is 0 Å². The number of nitrogens with one attached hydrogen (secondary N) is 1. The van der Waals surface area contributed by atoms with Gasteiger partial charge in [0.05, 0.1) is 0 Å². The van der Waals surface area contributed by atoms with Gasteiger partial charge in [-0.2, -0.15) is 0 Å². The summed E-state index contributed by atoms with van der Waals surface area (Å²) < 4.78 is 0. The second-order valence-corrected chi connectivity index (χ2v) is 5.58. The summed E-state index contributed by atoms with van der Waals surface area (Å²) in [7, 11) is 0. The molecule has 1 N–H and O–H groups in total. The summed E-state index contributed by atoms with van der Waals surface area (Å²) in [6.45, 7) is 4.71. The van der Waals surface area contributed by atoms with Crippen LogP contribution in [-0.4, -0.2) is 13.1 Å². The molecule has 0 saturated carbocycles. The molecule has 0 aliphatic carbocycles. The molecule has 0 spiro atoms. The van der Waals surface area contributed by atoms with E-state index in [9.17, 15) is 0 Å². The molecule has 1 aromatic rings. The smallest absolute Gasteiger partial charge is 0.00234 e. The van der Waals surface area contributed by atoms with Crippen LogP contribution in [0.2, 0.25) is 0 Å². The summed E-state index contributed by atoms with van der Waals surface area (Å²) in [4.78, 5) is 0. The van der Waals surface area contributed by atoms with E-state index in [1.807, 2.05) is 0 Å². The van der Waals surface area contributed by atoms with Crippen molar-refractivity contribution in [3.8, 4) is 0 Å². The Hall–Kier alpha value is -0.820. The molecule has 0 aromatic heterocycles. The molecule has 1 aliphatic heterocycles. The highest BCUT2D eigenvalue weighted by atomic mass is 15.0. The molecule has 2 rings (SSSR count). The van der Waals surface area contributed by atoms with E-state index in [1.54, 1.807) is 0 Å². The summed E-state index contributed by atoms with van der Waals surface area (Å²) in [6.07, 6.45) is 8.20. The third-order valence-electron chi connectivity index (χ3n) is 3.98. The molecule has 1 saturated heterocycles. The third kappa shape index (κ3) is 3.57. The van der Waals surface area contributed by atoms with Crippen molar-refractivity contribution in [2.45, 2.75) is 45.4 Å². The number of rotatable bonds is 7. The Labute approximate surface area is 106 Å². The van der Waals surface area contributed by atoms with Crippen molar-refractivity contribution in [1.29, 1.82) is 0 Å². The molecule has 94 valence electrons. The van der Waals surface area contributed by atoms with Crippen LogP contribution in [0, 0.1) is 5.41 Å².